The maximum atomic E-state index is 12.6. The third kappa shape index (κ3) is 3.17. The van der Waals surface area contributed by atoms with Gasteiger partial charge in [0, 0.05) is 13.1 Å². The average Bonchev–Trinajstić information content (AvgIpc) is 2.98. The number of likely N-dealkylation sites (tertiary alicyclic amines) is 1. The van der Waals surface area contributed by atoms with Crippen LogP contribution in [-0.4, -0.2) is 31.7 Å². The molecule has 0 amide bonds. The van der Waals surface area contributed by atoms with E-state index in [0.29, 0.717) is 17.9 Å². The molecule has 3 nitrogen and oxygen atoms in total. The van der Waals surface area contributed by atoms with E-state index < -0.39 is 9.84 Å². The molecule has 1 aliphatic heterocycles. The van der Waals surface area contributed by atoms with Crippen molar-refractivity contribution in [2.75, 3.05) is 13.1 Å². The molecule has 2 aromatic rings. The van der Waals surface area contributed by atoms with Crippen molar-refractivity contribution < 1.29 is 8.42 Å². The molecule has 0 N–H and O–H groups in total. The summed E-state index contributed by atoms with van der Waals surface area (Å²) < 4.78 is 25.2. The first-order valence-corrected chi connectivity index (χ1v) is 8.76. The Balaban J connectivity index is 1.70. The van der Waals surface area contributed by atoms with Crippen LogP contribution in [0, 0.1) is 0 Å². The molecule has 0 spiro atoms. The van der Waals surface area contributed by atoms with E-state index in [2.05, 4.69) is 17.0 Å². The van der Waals surface area contributed by atoms with Gasteiger partial charge in [-0.1, -0.05) is 48.5 Å². The average molecular weight is 301 g/mol. The van der Waals surface area contributed by atoms with E-state index in [4.69, 9.17) is 0 Å². The Morgan fingerprint density at radius 3 is 2.24 bits per heavy atom. The molecular formula is C17H19NO2S. The van der Waals surface area contributed by atoms with Gasteiger partial charge < -0.3 is 0 Å². The highest BCUT2D eigenvalue weighted by Crippen LogP contribution is 2.24. The van der Waals surface area contributed by atoms with Crippen molar-refractivity contribution in [3.05, 3.63) is 66.2 Å². The van der Waals surface area contributed by atoms with Crippen LogP contribution in [0.4, 0.5) is 0 Å². The van der Waals surface area contributed by atoms with Gasteiger partial charge in [-0.25, -0.2) is 8.42 Å². The third-order valence-electron chi connectivity index (χ3n) is 3.99. The van der Waals surface area contributed by atoms with E-state index in [9.17, 15) is 8.42 Å². The number of hydrogen-bond donors (Lipinski definition) is 0. The Kier molecular flexibility index (Phi) is 4.08. The van der Waals surface area contributed by atoms with Crippen LogP contribution < -0.4 is 0 Å². The van der Waals surface area contributed by atoms with E-state index in [1.54, 1.807) is 24.3 Å². The Labute approximate surface area is 126 Å². The SMILES string of the molecule is O=S(=O)(c1ccccc1)C1CCN(Cc2ccccc2)C1. The van der Waals surface area contributed by atoms with Crippen LogP contribution in [0.3, 0.4) is 0 Å². The second-order valence-electron chi connectivity index (χ2n) is 5.49. The Morgan fingerprint density at radius 2 is 1.57 bits per heavy atom. The van der Waals surface area contributed by atoms with E-state index >= 15 is 0 Å². The topological polar surface area (TPSA) is 37.4 Å². The lowest BCUT2D eigenvalue weighted by atomic mass is 10.2. The van der Waals surface area contributed by atoms with Gasteiger partial charge in [-0.2, -0.15) is 0 Å². The molecule has 4 heteroatoms. The molecule has 1 atom stereocenters. The minimum absolute atomic E-state index is 0.288. The lowest BCUT2D eigenvalue weighted by molar-refractivity contribution is 0.331. The van der Waals surface area contributed by atoms with Gasteiger partial charge in [0.15, 0.2) is 9.84 Å². The predicted octanol–water partition coefficient (Wildman–Crippen LogP) is 2.73. The first-order chi connectivity index (χ1) is 10.2. The molecule has 21 heavy (non-hydrogen) atoms. The normalized spacial score (nSPS) is 19.7. The Hall–Kier alpha value is -1.65. The zero-order valence-corrected chi connectivity index (χ0v) is 12.7. The van der Waals surface area contributed by atoms with E-state index in [-0.39, 0.29) is 5.25 Å². The third-order valence-corrected chi connectivity index (χ3v) is 6.18. The van der Waals surface area contributed by atoms with E-state index in [1.165, 1.54) is 5.56 Å². The second-order valence-corrected chi connectivity index (χ2v) is 7.72. The molecule has 0 saturated carbocycles. The maximum absolute atomic E-state index is 12.6. The molecule has 1 heterocycles. The smallest absolute Gasteiger partial charge is 0.182 e. The fourth-order valence-corrected chi connectivity index (χ4v) is 4.58. The number of benzene rings is 2. The molecule has 0 aromatic heterocycles. The standard InChI is InChI=1S/C17H19NO2S/c19-21(20,16-9-5-2-6-10-16)17-11-12-18(14-17)13-15-7-3-1-4-8-15/h1-10,17H,11-14H2. The highest BCUT2D eigenvalue weighted by Gasteiger charge is 2.33. The Bertz CT molecular complexity index is 683. The van der Waals surface area contributed by atoms with E-state index in [1.807, 2.05) is 24.3 Å². The van der Waals surface area contributed by atoms with Crippen molar-refractivity contribution in [2.24, 2.45) is 0 Å². The molecule has 3 rings (SSSR count). The first-order valence-electron chi connectivity index (χ1n) is 7.21. The van der Waals surface area contributed by atoms with Gasteiger partial charge in [-0.15, -0.1) is 0 Å². The monoisotopic (exact) mass is 301 g/mol. The summed E-state index contributed by atoms with van der Waals surface area (Å²) in [5, 5.41) is -0.288. The van der Waals surface area contributed by atoms with Crippen molar-refractivity contribution >= 4 is 9.84 Å². The van der Waals surface area contributed by atoms with Crippen LogP contribution in [-0.2, 0) is 16.4 Å². The van der Waals surface area contributed by atoms with Crippen molar-refractivity contribution in [3.8, 4) is 0 Å². The fraction of sp³-hybridized carbons (Fsp3) is 0.294. The molecule has 0 radical (unpaired) electrons. The van der Waals surface area contributed by atoms with Gasteiger partial charge in [0.05, 0.1) is 10.1 Å². The van der Waals surface area contributed by atoms with Crippen LogP contribution in [0.25, 0.3) is 0 Å². The van der Waals surface area contributed by atoms with Crippen molar-refractivity contribution in [3.63, 3.8) is 0 Å². The summed E-state index contributed by atoms with van der Waals surface area (Å²) in [6, 6.07) is 19.0. The largest absolute Gasteiger partial charge is 0.298 e. The molecule has 1 aliphatic rings. The molecular weight excluding hydrogens is 282 g/mol. The maximum Gasteiger partial charge on any atom is 0.182 e. The summed E-state index contributed by atoms with van der Waals surface area (Å²) >= 11 is 0. The molecule has 0 aliphatic carbocycles. The van der Waals surface area contributed by atoms with Crippen LogP contribution >= 0.6 is 0 Å². The molecule has 1 fully saturated rings. The summed E-state index contributed by atoms with van der Waals surface area (Å²) in [6.07, 6.45) is 0.712. The van der Waals surface area contributed by atoms with Gasteiger partial charge in [0.1, 0.15) is 0 Å². The van der Waals surface area contributed by atoms with Crippen molar-refractivity contribution in [1.29, 1.82) is 0 Å². The number of sulfone groups is 1. The number of nitrogens with zero attached hydrogens (tertiary/aromatic N) is 1. The van der Waals surface area contributed by atoms with Crippen LogP contribution in [0.5, 0.6) is 0 Å². The van der Waals surface area contributed by atoms with Crippen LogP contribution in [0.1, 0.15) is 12.0 Å². The minimum Gasteiger partial charge on any atom is -0.298 e. The zero-order valence-electron chi connectivity index (χ0n) is 11.9. The molecule has 0 bridgehead atoms. The number of rotatable bonds is 4. The first kappa shape index (κ1) is 14.3. The van der Waals surface area contributed by atoms with Gasteiger partial charge >= 0.3 is 0 Å². The lowest BCUT2D eigenvalue weighted by Crippen LogP contribution is -2.26. The fourth-order valence-electron chi connectivity index (χ4n) is 2.84. The molecule has 1 saturated heterocycles. The predicted molar refractivity (Wildman–Crippen MR) is 83.8 cm³/mol. The van der Waals surface area contributed by atoms with Gasteiger partial charge in [-0.3, -0.25) is 4.90 Å². The number of hydrogen-bond acceptors (Lipinski definition) is 3. The molecule has 2 aromatic carbocycles. The Morgan fingerprint density at radius 1 is 0.952 bits per heavy atom. The lowest BCUT2D eigenvalue weighted by Gasteiger charge is -2.16. The van der Waals surface area contributed by atoms with Crippen molar-refractivity contribution in [1.82, 2.24) is 4.90 Å². The van der Waals surface area contributed by atoms with Gasteiger partial charge in [-0.05, 0) is 30.7 Å². The summed E-state index contributed by atoms with van der Waals surface area (Å²) in [7, 11) is -3.21. The zero-order chi connectivity index (χ0) is 14.7. The van der Waals surface area contributed by atoms with Gasteiger partial charge in [0.25, 0.3) is 0 Å². The summed E-state index contributed by atoms with van der Waals surface area (Å²) in [5.74, 6) is 0. The highest BCUT2D eigenvalue weighted by atomic mass is 32.2. The highest BCUT2D eigenvalue weighted by molar-refractivity contribution is 7.92. The van der Waals surface area contributed by atoms with Crippen LogP contribution in [0.15, 0.2) is 65.6 Å². The molecule has 110 valence electrons. The van der Waals surface area contributed by atoms with Crippen molar-refractivity contribution in [2.45, 2.75) is 23.1 Å². The summed E-state index contributed by atoms with van der Waals surface area (Å²) in [5.41, 5.74) is 1.23. The quantitative estimate of drug-likeness (QED) is 0.871. The van der Waals surface area contributed by atoms with Crippen LogP contribution in [0.2, 0.25) is 0 Å². The van der Waals surface area contributed by atoms with E-state index in [0.717, 1.165) is 13.1 Å². The summed E-state index contributed by atoms with van der Waals surface area (Å²) in [4.78, 5) is 2.66. The van der Waals surface area contributed by atoms with Gasteiger partial charge in [0.2, 0.25) is 0 Å². The minimum atomic E-state index is -3.21. The summed E-state index contributed by atoms with van der Waals surface area (Å²) in [6.45, 7) is 2.28. The second kappa shape index (κ2) is 6.00. The molecule has 1 unspecified atom stereocenters.